The lowest BCUT2D eigenvalue weighted by Gasteiger charge is -2.13. The molecule has 0 aliphatic rings. The highest BCUT2D eigenvalue weighted by molar-refractivity contribution is 5.76. The fraction of sp³-hybridized carbons (Fsp3) is 0.333. The molecule has 2 aromatic carbocycles. The first-order chi connectivity index (χ1) is 12.7. The van der Waals surface area contributed by atoms with Crippen molar-refractivity contribution in [1.82, 2.24) is 9.88 Å². The molecule has 26 heavy (non-hydrogen) atoms. The van der Waals surface area contributed by atoms with Gasteiger partial charge in [-0.2, -0.15) is 0 Å². The summed E-state index contributed by atoms with van der Waals surface area (Å²) in [6, 6.07) is 18.4. The number of carbonyl (C=O) groups excluding carboxylic acids is 1. The van der Waals surface area contributed by atoms with Gasteiger partial charge in [0.2, 0.25) is 12.2 Å². The van der Waals surface area contributed by atoms with E-state index in [2.05, 4.69) is 45.0 Å². The second-order valence-corrected chi connectivity index (χ2v) is 6.52. The molecular weight excluding hydrogens is 326 g/mol. The number of nitrogens with zero attached hydrogens (tertiary/aromatic N) is 2. The maximum atomic E-state index is 12.1. The Kier molecular flexibility index (Phi) is 6.02. The molecule has 136 valence electrons. The Morgan fingerprint density at radius 2 is 1.88 bits per heavy atom. The Labute approximate surface area is 153 Å². The highest BCUT2D eigenvalue weighted by atomic mass is 16.3. The summed E-state index contributed by atoms with van der Waals surface area (Å²) in [7, 11) is 0. The summed E-state index contributed by atoms with van der Waals surface area (Å²) in [5.74, 6) is -0.0294. The van der Waals surface area contributed by atoms with E-state index in [0.717, 1.165) is 24.0 Å². The molecule has 1 atom stereocenters. The van der Waals surface area contributed by atoms with Crippen molar-refractivity contribution in [3.8, 4) is 0 Å². The average molecular weight is 352 g/mol. The Morgan fingerprint density at radius 3 is 2.62 bits per heavy atom. The van der Waals surface area contributed by atoms with Crippen molar-refractivity contribution in [3.63, 3.8) is 0 Å². The number of aliphatic hydroxyl groups is 1. The third-order valence-corrected chi connectivity index (χ3v) is 4.63. The molecule has 5 nitrogen and oxygen atoms in total. The molecule has 0 saturated heterocycles. The number of amides is 1. The second-order valence-electron chi connectivity index (χ2n) is 6.52. The summed E-state index contributed by atoms with van der Waals surface area (Å²) in [6.45, 7) is 3.33. The lowest BCUT2D eigenvalue weighted by atomic mass is 10.2. The quantitative estimate of drug-likeness (QED) is 0.611. The molecule has 2 N–H and O–H groups in total. The highest BCUT2D eigenvalue weighted by Gasteiger charge is 2.17. The van der Waals surface area contributed by atoms with E-state index in [9.17, 15) is 9.90 Å². The van der Waals surface area contributed by atoms with E-state index in [4.69, 9.17) is 0 Å². The Bertz CT molecular complexity index is 854. The van der Waals surface area contributed by atoms with Crippen LogP contribution in [0.4, 0.5) is 0 Å². The van der Waals surface area contributed by atoms with Crippen molar-refractivity contribution in [2.24, 2.45) is 0 Å². The Balaban J connectivity index is 1.75. The van der Waals surface area contributed by atoms with E-state index >= 15 is 0 Å². The van der Waals surface area contributed by atoms with E-state index in [-0.39, 0.29) is 18.6 Å². The highest BCUT2D eigenvalue weighted by Crippen LogP contribution is 2.12. The molecule has 3 aromatic rings. The molecule has 0 saturated carbocycles. The topological polar surface area (TPSA) is 58.1 Å². The van der Waals surface area contributed by atoms with Crippen LogP contribution in [0.1, 0.15) is 25.3 Å². The number of benzene rings is 2. The molecule has 0 bridgehead atoms. The zero-order valence-corrected chi connectivity index (χ0v) is 15.1. The number of carbonyl (C=O) groups is 1. The Hall–Kier alpha value is -2.66. The molecule has 0 aliphatic carbocycles. The number of aryl methyl sites for hydroxylation is 1. The van der Waals surface area contributed by atoms with Gasteiger partial charge in [-0.1, -0.05) is 49.4 Å². The van der Waals surface area contributed by atoms with Gasteiger partial charge in [0.25, 0.3) is 0 Å². The smallest absolute Gasteiger partial charge is 0.245 e. The van der Waals surface area contributed by atoms with Crippen molar-refractivity contribution in [2.75, 3.05) is 6.61 Å². The minimum absolute atomic E-state index is 0.0221. The monoisotopic (exact) mass is 352 g/mol. The molecule has 3 rings (SSSR count). The van der Waals surface area contributed by atoms with Crippen LogP contribution in [0.5, 0.6) is 0 Å². The number of imidazole rings is 1. The largest absolute Gasteiger partial charge is 0.394 e. The van der Waals surface area contributed by atoms with Crippen molar-refractivity contribution < 1.29 is 14.5 Å². The number of hydrogen-bond acceptors (Lipinski definition) is 2. The first-order valence-corrected chi connectivity index (χ1v) is 9.12. The van der Waals surface area contributed by atoms with Gasteiger partial charge in [0.15, 0.2) is 11.0 Å². The molecule has 5 heteroatoms. The third-order valence-electron chi connectivity index (χ3n) is 4.63. The maximum absolute atomic E-state index is 12.1. The van der Waals surface area contributed by atoms with Crippen LogP contribution in [0.15, 0.2) is 60.9 Å². The molecule has 0 radical (unpaired) electrons. The van der Waals surface area contributed by atoms with Crippen LogP contribution in [-0.4, -0.2) is 28.2 Å². The van der Waals surface area contributed by atoms with Crippen LogP contribution in [0.3, 0.4) is 0 Å². The van der Waals surface area contributed by atoms with Gasteiger partial charge in [0, 0.05) is 0 Å². The molecule has 0 fully saturated rings. The van der Waals surface area contributed by atoms with Crippen LogP contribution in [0.2, 0.25) is 0 Å². The van der Waals surface area contributed by atoms with Crippen LogP contribution < -0.4 is 9.88 Å². The molecule has 0 spiro atoms. The number of hydrogen-bond donors (Lipinski definition) is 2. The number of aromatic nitrogens is 2. The van der Waals surface area contributed by atoms with E-state index in [1.165, 1.54) is 5.56 Å². The number of rotatable bonds is 8. The van der Waals surface area contributed by atoms with E-state index in [1.807, 2.05) is 37.3 Å². The Morgan fingerprint density at radius 1 is 1.15 bits per heavy atom. The SMILES string of the molecule is CC[C@@H](CO)NC(=O)CCn1c[n+](Cc2ccccc2)c2ccccc21. The van der Waals surface area contributed by atoms with E-state index in [1.54, 1.807) is 0 Å². The lowest BCUT2D eigenvalue weighted by Crippen LogP contribution is -2.37. The van der Waals surface area contributed by atoms with Crippen molar-refractivity contribution >= 4 is 16.9 Å². The van der Waals surface area contributed by atoms with Crippen molar-refractivity contribution in [3.05, 3.63) is 66.5 Å². The summed E-state index contributed by atoms with van der Waals surface area (Å²) in [4.78, 5) is 12.1. The summed E-state index contributed by atoms with van der Waals surface area (Å²) in [5, 5.41) is 12.1. The first-order valence-electron chi connectivity index (χ1n) is 9.12. The zero-order chi connectivity index (χ0) is 18.4. The van der Waals surface area contributed by atoms with Crippen LogP contribution in [0, 0.1) is 0 Å². The van der Waals surface area contributed by atoms with Crippen LogP contribution >= 0.6 is 0 Å². The van der Waals surface area contributed by atoms with Crippen LogP contribution in [0.25, 0.3) is 11.0 Å². The van der Waals surface area contributed by atoms with Gasteiger partial charge in [-0.05, 0) is 24.1 Å². The van der Waals surface area contributed by atoms with Gasteiger partial charge in [-0.3, -0.25) is 4.79 Å². The predicted octanol–water partition coefficient (Wildman–Crippen LogP) is 2.25. The third kappa shape index (κ3) is 4.29. The zero-order valence-electron chi connectivity index (χ0n) is 15.1. The summed E-state index contributed by atoms with van der Waals surface area (Å²) in [6.07, 6.45) is 3.20. The average Bonchev–Trinajstić information content (AvgIpc) is 3.03. The van der Waals surface area contributed by atoms with E-state index in [0.29, 0.717) is 13.0 Å². The van der Waals surface area contributed by atoms with Crippen molar-refractivity contribution in [1.29, 1.82) is 0 Å². The minimum atomic E-state index is -0.160. The van der Waals surface area contributed by atoms with E-state index < -0.39 is 0 Å². The normalized spacial score (nSPS) is 12.2. The molecule has 1 heterocycles. The summed E-state index contributed by atoms with van der Waals surface area (Å²) >= 11 is 0. The van der Waals surface area contributed by atoms with Gasteiger partial charge >= 0.3 is 0 Å². The standard InChI is InChI=1S/C21H25N3O2/c1-2-18(15-25)22-21(26)12-13-23-16-24(14-17-8-4-3-5-9-17)20-11-7-6-10-19(20)23/h3-11,16,18,25H,2,12-15H2,1H3/p+1/t18-/m0/s1. The van der Waals surface area contributed by atoms with Gasteiger partial charge in [-0.25, -0.2) is 9.13 Å². The van der Waals surface area contributed by atoms with Crippen LogP contribution in [-0.2, 0) is 17.9 Å². The lowest BCUT2D eigenvalue weighted by molar-refractivity contribution is -0.663. The molecular formula is C21H26N3O2+. The fourth-order valence-corrected chi connectivity index (χ4v) is 3.13. The summed E-state index contributed by atoms with van der Waals surface area (Å²) in [5.41, 5.74) is 3.51. The second kappa shape index (κ2) is 8.63. The predicted molar refractivity (Wildman–Crippen MR) is 102 cm³/mol. The first kappa shape index (κ1) is 18.1. The molecule has 1 amide bonds. The minimum Gasteiger partial charge on any atom is -0.394 e. The fourth-order valence-electron chi connectivity index (χ4n) is 3.13. The number of nitrogens with one attached hydrogen (secondary N) is 1. The number of fused-ring (bicyclic) bond motifs is 1. The molecule has 0 unspecified atom stereocenters. The van der Waals surface area contributed by atoms with Gasteiger partial charge in [-0.15, -0.1) is 0 Å². The summed E-state index contributed by atoms with van der Waals surface area (Å²) < 4.78 is 4.34. The van der Waals surface area contributed by atoms with Gasteiger partial charge in [0.1, 0.15) is 6.54 Å². The number of aliphatic hydroxyl groups excluding tert-OH is 1. The van der Waals surface area contributed by atoms with Crippen molar-refractivity contribution in [2.45, 2.75) is 38.9 Å². The molecule has 1 aromatic heterocycles. The number of para-hydroxylation sites is 2. The van der Waals surface area contributed by atoms with Gasteiger partial charge in [0.05, 0.1) is 25.6 Å². The maximum Gasteiger partial charge on any atom is 0.245 e. The molecule has 0 aliphatic heterocycles. The van der Waals surface area contributed by atoms with Gasteiger partial charge < -0.3 is 10.4 Å².